The monoisotopic (exact) mass is 504 g/mol. The van der Waals surface area contributed by atoms with E-state index in [0.717, 1.165) is 11.1 Å². The van der Waals surface area contributed by atoms with Crippen molar-refractivity contribution in [1.29, 1.82) is 0 Å². The van der Waals surface area contributed by atoms with Crippen molar-refractivity contribution in [2.75, 3.05) is 4.90 Å². The molecule has 4 atom stereocenters. The minimum absolute atomic E-state index is 0.173. The zero-order valence-electron chi connectivity index (χ0n) is 21.5. The van der Waals surface area contributed by atoms with Crippen LogP contribution >= 0.6 is 0 Å². The Morgan fingerprint density at radius 1 is 0.921 bits per heavy atom. The number of hydrogen-bond acceptors (Lipinski definition) is 5. The summed E-state index contributed by atoms with van der Waals surface area (Å²) < 4.78 is 1.64. The maximum absolute atomic E-state index is 14.4. The molecule has 3 aliphatic rings. The van der Waals surface area contributed by atoms with Crippen LogP contribution in [0, 0.1) is 24.7 Å². The third kappa shape index (κ3) is 2.88. The van der Waals surface area contributed by atoms with Crippen molar-refractivity contribution in [2.45, 2.75) is 38.8 Å². The van der Waals surface area contributed by atoms with E-state index in [4.69, 9.17) is 4.98 Å². The Bertz CT molecular complexity index is 1710. The Balaban J connectivity index is 1.52. The number of aryl methyl sites for hydroxylation is 1. The molecular weight excluding hydrogens is 476 g/mol. The molecule has 3 aliphatic heterocycles. The molecule has 0 aliphatic carbocycles. The Morgan fingerprint density at radius 2 is 1.63 bits per heavy atom. The minimum Gasteiger partial charge on any atom is -0.297 e. The number of nitrogens with one attached hydrogen (secondary N) is 1. The Morgan fingerprint density at radius 3 is 2.39 bits per heavy atom. The molecule has 190 valence electrons. The number of benzene rings is 3. The number of para-hydroxylation sites is 2. The summed E-state index contributed by atoms with van der Waals surface area (Å²) in [6.07, 6.45) is 0.712. The van der Waals surface area contributed by atoms with Gasteiger partial charge in [0.2, 0.25) is 11.8 Å². The summed E-state index contributed by atoms with van der Waals surface area (Å²) in [7, 11) is 0. The molecule has 2 saturated heterocycles. The molecule has 4 aromatic rings. The molecule has 0 unspecified atom stereocenters. The average Bonchev–Trinajstić information content (AvgIpc) is 3.48. The first-order chi connectivity index (χ1) is 18.3. The fourth-order valence-electron chi connectivity index (χ4n) is 6.88. The van der Waals surface area contributed by atoms with Crippen LogP contribution in [0.5, 0.6) is 0 Å². The van der Waals surface area contributed by atoms with Crippen LogP contribution in [-0.2, 0) is 15.1 Å². The normalized spacial score (nSPS) is 25.5. The summed E-state index contributed by atoms with van der Waals surface area (Å²) in [6, 6.07) is 22.2. The fraction of sp³-hybridized carbons (Fsp3) is 0.290. The van der Waals surface area contributed by atoms with Crippen molar-refractivity contribution >= 4 is 28.4 Å². The van der Waals surface area contributed by atoms with Gasteiger partial charge in [-0.2, -0.15) is 0 Å². The third-order valence-corrected chi connectivity index (χ3v) is 8.38. The Kier molecular flexibility index (Phi) is 4.82. The van der Waals surface area contributed by atoms with E-state index in [1.807, 2.05) is 73.7 Å². The number of anilines is 1. The van der Waals surface area contributed by atoms with Crippen LogP contribution in [0.25, 0.3) is 16.6 Å². The van der Waals surface area contributed by atoms with Gasteiger partial charge in [0.15, 0.2) is 0 Å². The van der Waals surface area contributed by atoms with E-state index in [9.17, 15) is 14.4 Å². The number of imide groups is 1. The quantitative estimate of drug-likeness (QED) is 0.425. The predicted molar refractivity (Wildman–Crippen MR) is 145 cm³/mol. The first-order valence-corrected chi connectivity index (χ1v) is 13.2. The van der Waals surface area contributed by atoms with Gasteiger partial charge < -0.3 is 0 Å². The van der Waals surface area contributed by atoms with Gasteiger partial charge in [-0.05, 0) is 49.6 Å². The van der Waals surface area contributed by atoms with Crippen LogP contribution in [0.1, 0.15) is 37.2 Å². The summed E-state index contributed by atoms with van der Waals surface area (Å²) in [5.74, 6) is -0.984. The predicted octanol–water partition coefficient (Wildman–Crippen LogP) is 4.07. The SMILES string of the molecule is Cc1ccc(N2C(=O)[C@@H]3[C@@H](CC(C)C)N[C@@]4(c5ccccc5-n5c4nc4ccccc4c5=O)[C@H]3C2=O)cc1. The lowest BCUT2D eigenvalue weighted by molar-refractivity contribution is -0.123. The van der Waals surface area contributed by atoms with Gasteiger partial charge in [0.05, 0.1) is 34.1 Å². The van der Waals surface area contributed by atoms with E-state index >= 15 is 0 Å². The van der Waals surface area contributed by atoms with Gasteiger partial charge in [0, 0.05) is 11.6 Å². The van der Waals surface area contributed by atoms with Crippen LogP contribution in [-0.4, -0.2) is 27.4 Å². The number of fused-ring (bicyclic) bond motifs is 8. The number of amides is 2. The lowest BCUT2D eigenvalue weighted by Gasteiger charge is -2.32. The third-order valence-electron chi connectivity index (χ3n) is 8.38. The van der Waals surface area contributed by atoms with Crippen LogP contribution in [0.15, 0.2) is 77.6 Å². The lowest BCUT2D eigenvalue weighted by atomic mass is 9.75. The van der Waals surface area contributed by atoms with Crippen LogP contribution in [0.3, 0.4) is 0 Å². The molecule has 3 aromatic carbocycles. The summed E-state index contributed by atoms with van der Waals surface area (Å²) in [5.41, 5.74) is 2.45. The summed E-state index contributed by atoms with van der Waals surface area (Å²) >= 11 is 0. The van der Waals surface area contributed by atoms with Crippen LogP contribution in [0.4, 0.5) is 5.69 Å². The molecule has 7 heteroatoms. The molecule has 1 aromatic heterocycles. The van der Waals surface area contributed by atoms with Crippen molar-refractivity contribution in [1.82, 2.24) is 14.9 Å². The molecule has 7 rings (SSSR count). The highest BCUT2D eigenvalue weighted by Gasteiger charge is 2.69. The van der Waals surface area contributed by atoms with Gasteiger partial charge >= 0.3 is 0 Å². The van der Waals surface area contributed by atoms with E-state index in [1.54, 1.807) is 10.6 Å². The zero-order valence-corrected chi connectivity index (χ0v) is 21.5. The van der Waals surface area contributed by atoms with Crippen molar-refractivity contribution in [3.05, 3.63) is 100 Å². The smallest absolute Gasteiger partial charge is 0.266 e. The van der Waals surface area contributed by atoms with Gasteiger partial charge in [-0.15, -0.1) is 0 Å². The van der Waals surface area contributed by atoms with Crippen molar-refractivity contribution in [3.63, 3.8) is 0 Å². The zero-order chi connectivity index (χ0) is 26.3. The largest absolute Gasteiger partial charge is 0.297 e. The first-order valence-electron chi connectivity index (χ1n) is 13.2. The molecule has 0 bridgehead atoms. The Labute approximate surface area is 220 Å². The van der Waals surface area contributed by atoms with Crippen LogP contribution < -0.4 is 15.8 Å². The molecule has 1 spiro atoms. The summed E-state index contributed by atoms with van der Waals surface area (Å²) in [5, 5.41) is 4.28. The number of nitrogens with zero attached hydrogens (tertiary/aromatic N) is 3. The van der Waals surface area contributed by atoms with E-state index in [1.165, 1.54) is 4.90 Å². The summed E-state index contributed by atoms with van der Waals surface area (Å²) in [4.78, 5) is 48.7. The van der Waals surface area contributed by atoms with E-state index in [2.05, 4.69) is 19.2 Å². The maximum Gasteiger partial charge on any atom is 0.266 e. The number of aromatic nitrogens is 2. The van der Waals surface area contributed by atoms with Gasteiger partial charge in [-0.3, -0.25) is 24.3 Å². The second-order valence-corrected chi connectivity index (χ2v) is 11.1. The molecule has 1 N–H and O–H groups in total. The number of carbonyl (C=O) groups excluding carboxylic acids is 2. The average molecular weight is 505 g/mol. The van der Waals surface area contributed by atoms with Crippen molar-refractivity contribution in [3.8, 4) is 5.69 Å². The number of hydrogen-bond donors (Lipinski definition) is 1. The Hall–Kier alpha value is -4.10. The molecular formula is C31H28N4O3. The topological polar surface area (TPSA) is 84.3 Å². The molecule has 0 saturated carbocycles. The highest BCUT2D eigenvalue weighted by Crippen LogP contribution is 2.56. The van der Waals surface area contributed by atoms with Gasteiger partial charge in [-0.1, -0.05) is 61.9 Å². The molecule has 4 heterocycles. The van der Waals surface area contributed by atoms with Gasteiger partial charge in [-0.25, -0.2) is 9.88 Å². The molecule has 0 radical (unpaired) electrons. The highest BCUT2D eigenvalue weighted by molar-refractivity contribution is 6.23. The summed E-state index contributed by atoms with van der Waals surface area (Å²) in [6.45, 7) is 6.21. The van der Waals surface area contributed by atoms with E-state index < -0.39 is 17.4 Å². The lowest BCUT2D eigenvalue weighted by Crippen LogP contribution is -2.50. The highest BCUT2D eigenvalue weighted by atomic mass is 16.2. The number of carbonyl (C=O) groups is 2. The molecule has 7 nitrogen and oxygen atoms in total. The fourth-order valence-corrected chi connectivity index (χ4v) is 6.88. The van der Waals surface area contributed by atoms with Crippen molar-refractivity contribution < 1.29 is 9.59 Å². The minimum atomic E-state index is -1.10. The van der Waals surface area contributed by atoms with Gasteiger partial charge in [0.1, 0.15) is 11.4 Å². The molecule has 2 amide bonds. The molecule has 2 fully saturated rings. The molecule has 38 heavy (non-hydrogen) atoms. The van der Waals surface area contributed by atoms with E-state index in [0.29, 0.717) is 40.4 Å². The second kappa shape index (κ2) is 7.95. The second-order valence-electron chi connectivity index (χ2n) is 11.1. The van der Waals surface area contributed by atoms with Gasteiger partial charge in [0.25, 0.3) is 5.56 Å². The number of rotatable bonds is 3. The maximum atomic E-state index is 14.4. The van der Waals surface area contributed by atoms with Crippen molar-refractivity contribution in [2.24, 2.45) is 17.8 Å². The first kappa shape index (κ1) is 23.0. The standard InChI is InChI=1S/C31H28N4O3/c1-17(2)16-23-25-26(29(38)34(28(25)37)19-14-12-18(3)13-15-19)31(33-23)21-9-5-7-11-24(21)35-27(36)20-8-4-6-10-22(20)32-30(31)35/h4-15,17,23,25-26,33H,16H2,1-3H3/t23-,25-,26-,31+/m1/s1. The van der Waals surface area contributed by atoms with E-state index in [-0.39, 0.29) is 23.4 Å². The van der Waals surface area contributed by atoms with Crippen LogP contribution in [0.2, 0.25) is 0 Å².